The first-order valence-electron chi connectivity index (χ1n) is 5.12. The smallest absolute Gasteiger partial charge is 0.320 e. The zero-order chi connectivity index (χ0) is 11.5. The van der Waals surface area contributed by atoms with E-state index in [1.807, 2.05) is 0 Å². The Labute approximate surface area is 92.3 Å². The van der Waals surface area contributed by atoms with Crippen molar-refractivity contribution in [3.8, 4) is 0 Å². The van der Waals surface area contributed by atoms with Crippen LogP contribution in [0.1, 0.15) is 24.8 Å². The number of urea groups is 1. The minimum Gasteiger partial charge on any atom is -0.384 e. The van der Waals surface area contributed by atoms with Crippen LogP contribution in [0.25, 0.3) is 0 Å². The molecule has 1 aromatic rings. The Hall–Kier alpha value is -2.05. The van der Waals surface area contributed by atoms with E-state index >= 15 is 0 Å². The number of nitrogens with two attached hydrogens (primary N) is 1. The number of carbonyl (C=O) groups is 1. The van der Waals surface area contributed by atoms with Crippen LogP contribution >= 0.6 is 0 Å². The molecule has 0 spiro atoms. The lowest BCUT2D eigenvalue weighted by molar-refractivity contribution is 0.240. The molecule has 86 valence electrons. The lowest BCUT2D eigenvalue weighted by Crippen LogP contribution is -2.42. The molecule has 1 aliphatic rings. The van der Waals surface area contributed by atoms with Crippen molar-refractivity contribution in [3.05, 3.63) is 11.8 Å². The summed E-state index contributed by atoms with van der Waals surface area (Å²) in [6.45, 7) is 0. The van der Waals surface area contributed by atoms with Crippen molar-refractivity contribution < 1.29 is 4.79 Å². The van der Waals surface area contributed by atoms with Crippen molar-refractivity contribution in [1.29, 1.82) is 5.41 Å². The van der Waals surface area contributed by atoms with Crippen LogP contribution in [0.3, 0.4) is 0 Å². The Morgan fingerprint density at radius 1 is 1.62 bits per heavy atom. The summed E-state index contributed by atoms with van der Waals surface area (Å²) >= 11 is 0. The number of nitrogens with zero attached hydrogens (tertiary/aromatic N) is 1. The van der Waals surface area contributed by atoms with Gasteiger partial charge in [-0.25, -0.2) is 4.79 Å². The molecule has 16 heavy (non-hydrogen) atoms. The van der Waals surface area contributed by atoms with Crippen molar-refractivity contribution in [1.82, 2.24) is 15.5 Å². The second-order valence-corrected chi connectivity index (χ2v) is 3.80. The first-order valence-corrected chi connectivity index (χ1v) is 5.12. The number of H-pyrrole nitrogens is 1. The summed E-state index contributed by atoms with van der Waals surface area (Å²) in [5.41, 5.74) is 5.72. The van der Waals surface area contributed by atoms with E-state index in [1.54, 1.807) is 0 Å². The third kappa shape index (κ3) is 2.13. The summed E-state index contributed by atoms with van der Waals surface area (Å²) in [6.07, 6.45) is 4.61. The van der Waals surface area contributed by atoms with E-state index in [9.17, 15) is 4.79 Å². The molecule has 0 atom stereocenters. The predicted octanol–water partition coefficient (Wildman–Crippen LogP) is 0.368. The number of nitrogen functional groups attached to an aromatic ring is 1. The fourth-order valence-electron chi connectivity index (χ4n) is 1.47. The monoisotopic (exact) mass is 222 g/mol. The highest BCUT2D eigenvalue weighted by atomic mass is 16.2. The van der Waals surface area contributed by atoms with Gasteiger partial charge >= 0.3 is 6.03 Å². The largest absolute Gasteiger partial charge is 0.384 e. The molecule has 0 aromatic carbocycles. The highest BCUT2D eigenvalue weighted by molar-refractivity contribution is 6.02. The fourth-order valence-corrected chi connectivity index (χ4v) is 1.47. The van der Waals surface area contributed by atoms with Crippen LogP contribution in [0.5, 0.6) is 0 Å². The summed E-state index contributed by atoms with van der Waals surface area (Å²) in [7, 11) is 0. The normalized spacial score (nSPS) is 15.2. The Morgan fingerprint density at radius 2 is 2.38 bits per heavy atom. The van der Waals surface area contributed by atoms with Gasteiger partial charge < -0.3 is 11.1 Å². The second kappa shape index (κ2) is 4.21. The van der Waals surface area contributed by atoms with Crippen LogP contribution in [0.4, 0.5) is 10.6 Å². The number of hydrogen-bond acceptors (Lipinski definition) is 3. The molecule has 1 heterocycles. The van der Waals surface area contributed by atoms with Crippen molar-refractivity contribution in [2.24, 2.45) is 5.73 Å². The maximum Gasteiger partial charge on any atom is 0.320 e. The van der Waals surface area contributed by atoms with Gasteiger partial charge in [0.2, 0.25) is 0 Å². The maximum atomic E-state index is 11.5. The van der Waals surface area contributed by atoms with Gasteiger partial charge in [-0.15, -0.1) is 0 Å². The lowest BCUT2D eigenvalue weighted by Gasteiger charge is -2.26. The summed E-state index contributed by atoms with van der Waals surface area (Å²) < 4.78 is 0. The molecule has 7 nitrogen and oxygen atoms in total. The number of hydrogen-bond donors (Lipinski definition) is 5. The zero-order valence-corrected chi connectivity index (χ0v) is 8.71. The Morgan fingerprint density at radius 3 is 2.94 bits per heavy atom. The summed E-state index contributed by atoms with van der Waals surface area (Å²) in [6, 6.07) is -0.0276. The van der Waals surface area contributed by atoms with Gasteiger partial charge in [0.05, 0.1) is 11.8 Å². The first kappa shape index (κ1) is 10.5. The molecule has 2 rings (SSSR count). The van der Waals surface area contributed by atoms with Gasteiger partial charge in [-0.1, -0.05) is 0 Å². The van der Waals surface area contributed by atoms with Gasteiger partial charge in [-0.3, -0.25) is 15.8 Å². The molecule has 0 saturated heterocycles. The fraction of sp³-hybridized carbons (Fsp3) is 0.444. The molecule has 2 amide bonds. The highest BCUT2D eigenvalue weighted by Crippen LogP contribution is 2.18. The van der Waals surface area contributed by atoms with Crippen molar-refractivity contribution in [3.63, 3.8) is 0 Å². The van der Waals surface area contributed by atoms with Gasteiger partial charge in [-0.2, -0.15) is 5.10 Å². The molecular weight excluding hydrogens is 208 g/mol. The van der Waals surface area contributed by atoms with E-state index in [4.69, 9.17) is 11.1 Å². The topological polar surface area (TPSA) is 120 Å². The molecule has 1 aromatic heterocycles. The van der Waals surface area contributed by atoms with Crippen LogP contribution in [-0.4, -0.2) is 28.1 Å². The van der Waals surface area contributed by atoms with Crippen LogP contribution in [-0.2, 0) is 0 Å². The number of nitrogens with one attached hydrogen (secondary N) is 4. The van der Waals surface area contributed by atoms with Crippen molar-refractivity contribution in [2.45, 2.75) is 25.3 Å². The first-order chi connectivity index (χ1) is 7.66. The minimum atomic E-state index is -0.295. The SMILES string of the molecule is N=C(N)c1cn[nH]c1NC(=O)NC1CCC1. The third-order valence-corrected chi connectivity index (χ3v) is 2.61. The molecule has 0 radical (unpaired) electrons. The molecular formula is C9H14N6O. The van der Waals surface area contributed by atoms with E-state index in [0.717, 1.165) is 19.3 Å². The molecule has 0 unspecified atom stereocenters. The van der Waals surface area contributed by atoms with Gasteiger partial charge in [0.1, 0.15) is 11.7 Å². The van der Waals surface area contributed by atoms with Gasteiger partial charge in [0, 0.05) is 6.04 Å². The maximum absolute atomic E-state index is 11.5. The highest BCUT2D eigenvalue weighted by Gasteiger charge is 2.20. The van der Waals surface area contributed by atoms with Crippen molar-refractivity contribution in [2.75, 3.05) is 5.32 Å². The second-order valence-electron chi connectivity index (χ2n) is 3.80. The van der Waals surface area contributed by atoms with Gasteiger partial charge in [0.15, 0.2) is 0 Å². The number of anilines is 1. The quantitative estimate of drug-likeness (QED) is 0.375. The van der Waals surface area contributed by atoms with E-state index in [1.165, 1.54) is 6.20 Å². The van der Waals surface area contributed by atoms with Crippen LogP contribution in [0, 0.1) is 5.41 Å². The Bertz CT molecular complexity index is 408. The Kier molecular flexibility index (Phi) is 2.76. The third-order valence-electron chi connectivity index (χ3n) is 2.61. The van der Waals surface area contributed by atoms with Crippen LogP contribution < -0.4 is 16.4 Å². The number of rotatable bonds is 3. The summed E-state index contributed by atoms with van der Waals surface area (Å²) in [4.78, 5) is 11.5. The van der Waals surface area contributed by atoms with E-state index in [-0.39, 0.29) is 17.9 Å². The molecule has 7 heteroatoms. The average Bonchev–Trinajstić information content (AvgIpc) is 2.59. The summed E-state index contributed by atoms with van der Waals surface area (Å²) in [5.74, 6) is 0.219. The molecule has 1 aliphatic carbocycles. The lowest BCUT2D eigenvalue weighted by atomic mass is 9.93. The van der Waals surface area contributed by atoms with Crippen LogP contribution in [0.15, 0.2) is 6.20 Å². The molecule has 0 aliphatic heterocycles. The number of amides is 2. The average molecular weight is 222 g/mol. The number of aromatic amines is 1. The molecule has 6 N–H and O–H groups in total. The van der Waals surface area contributed by atoms with Gasteiger partial charge in [-0.05, 0) is 19.3 Å². The number of aromatic nitrogens is 2. The van der Waals surface area contributed by atoms with E-state index < -0.39 is 0 Å². The standard InChI is InChI=1S/C9H14N6O/c10-7(11)6-4-12-15-8(6)14-9(16)13-5-2-1-3-5/h4-5H,1-3H2,(H3,10,11)(H3,12,13,14,15,16). The van der Waals surface area contributed by atoms with E-state index in [2.05, 4.69) is 20.8 Å². The van der Waals surface area contributed by atoms with Crippen LogP contribution in [0.2, 0.25) is 0 Å². The predicted molar refractivity (Wildman–Crippen MR) is 59.4 cm³/mol. The van der Waals surface area contributed by atoms with Crippen molar-refractivity contribution >= 4 is 17.7 Å². The number of carbonyl (C=O) groups excluding carboxylic acids is 1. The number of amidine groups is 1. The molecule has 0 bridgehead atoms. The molecule has 1 saturated carbocycles. The molecule has 1 fully saturated rings. The Balaban J connectivity index is 1.94. The summed E-state index contributed by atoms with van der Waals surface area (Å²) in [5, 5.41) is 19.0. The zero-order valence-electron chi connectivity index (χ0n) is 8.71. The van der Waals surface area contributed by atoms with E-state index in [0.29, 0.717) is 11.4 Å². The van der Waals surface area contributed by atoms with Gasteiger partial charge in [0.25, 0.3) is 0 Å². The minimum absolute atomic E-state index is 0.132.